The molecule has 1 heterocycles. The molecule has 1 aromatic heterocycles. The highest BCUT2D eigenvalue weighted by Gasteiger charge is 2.18. The molecular weight excluding hydrogens is 370 g/mol. The van der Waals surface area contributed by atoms with Crippen LogP contribution in [0.15, 0.2) is 89.8 Å². The molecule has 0 spiro atoms. The van der Waals surface area contributed by atoms with E-state index in [0.717, 1.165) is 22.6 Å². The zero-order chi connectivity index (χ0) is 19.6. The molecule has 28 heavy (non-hydrogen) atoms. The van der Waals surface area contributed by atoms with Crippen molar-refractivity contribution in [3.8, 4) is 22.6 Å². The maximum Gasteiger partial charge on any atom is 0.261 e. The number of nitrogens with zero attached hydrogens (tertiary/aromatic N) is 1. The van der Waals surface area contributed by atoms with E-state index in [4.69, 9.17) is 4.98 Å². The van der Waals surface area contributed by atoms with Crippen LogP contribution in [0.4, 0.5) is 5.69 Å². The number of hydrogen-bond donors (Lipinski definition) is 2. The molecule has 4 aromatic rings. The van der Waals surface area contributed by atoms with Gasteiger partial charge in [-0.05, 0) is 25.1 Å². The van der Waals surface area contributed by atoms with Crippen molar-refractivity contribution in [3.05, 3.63) is 90.6 Å². The van der Waals surface area contributed by atoms with E-state index >= 15 is 0 Å². The van der Waals surface area contributed by atoms with Gasteiger partial charge >= 0.3 is 0 Å². The van der Waals surface area contributed by atoms with Gasteiger partial charge in [0.1, 0.15) is 5.82 Å². The first-order valence-corrected chi connectivity index (χ1v) is 10.3. The van der Waals surface area contributed by atoms with E-state index in [1.165, 1.54) is 0 Å². The summed E-state index contributed by atoms with van der Waals surface area (Å²) in [5.74, 6) is 0.744. The van der Waals surface area contributed by atoms with Gasteiger partial charge < -0.3 is 4.98 Å². The summed E-state index contributed by atoms with van der Waals surface area (Å²) >= 11 is 0. The highest BCUT2D eigenvalue weighted by atomic mass is 32.2. The number of anilines is 1. The molecule has 0 radical (unpaired) electrons. The summed E-state index contributed by atoms with van der Waals surface area (Å²) in [7, 11) is -3.69. The lowest BCUT2D eigenvalue weighted by Gasteiger charge is -2.12. The topological polar surface area (TPSA) is 74.8 Å². The summed E-state index contributed by atoms with van der Waals surface area (Å²) < 4.78 is 28.2. The molecule has 0 fully saturated rings. The lowest BCUT2D eigenvalue weighted by molar-refractivity contribution is 0.601. The molecule has 0 aliphatic carbocycles. The van der Waals surface area contributed by atoms with E-state index in [-0.39, 0.29) is 4.90 Å². The van der Waals surface area contributed by atoms with Crippen LogP contribution in [-0.4, -0.2) is 18.4 Å². The molecule has 3 aromatic carbocycles. The molecule has 0 atom stereocenters. The molecule has 0 amide bonds. The SMILES string of the molecule is Cc1[nH]c(-c2ccccc2)nc1-c1ccccc1NS(=O)(=O)c1ccccc1. The number of benzene rings is 3. The molecule has 0 bridgehead atoms. The first-order valence-electron chi connectivity index (χ1n) is 8.84. The highest BCUT2D eigenvalue weighted by molar-refractivity contribution is 7.92. The summed E-state index contributed by atoms with van der Waals surface area (Å²) in [5.41, 5.74) is 3.76. The molecule has 0 unspecified atom stereocenters. The van der Waals surface area contributed by atoms with Crippen LogP contribution in [0.25, 0.3) is 22.6 Å². The Morgan fingerprint density at radius 1 is 0.821 bits per heavy atom. The zero-order valence-corrected chi connectivity index (χ0v) is 16.1. The van der Waals surface area contributed by atoms with Crippen molar-refractivity contribution in [2.24, 2.45) is 0 Å². The largest absolute Gasteiger partial charge is 0.342 e. The summed E-state index contributed by atoms with van der Waals surface area (Å²) in [4.78, 5) is 8.23. The Hall–Kier alpha value is -3.38. The van der Waals surface area contributed by atoms with Crippen LogP contribution in [0.2, 0.25) is 0 Å². The number of hydrogen-bond acceptors (Lipinski definition) is 3. The minimum absolute atomic E-state index is 0.216. The van der Waals surface area contributed by atoms with Gasteiger partial charge in [-0.3, -0.25) is 4.72 Å². The predicted octanol–water partition coefficient (Wildman–Crippen LogP) is 4.85. The van der Waals surface area contributed by atoms with Crippen molar-refractivity contribution in [1.82, 2.24) is 9.97 Å². The molecule has 140 valence electrons. The van der Waals surface area contributed by atoms with E-state index < -0.39 is 10.0 Å². The van der Waals surface area contributed by atoms with Crippen molar-refractivity contribution < 1.29 is 8.42 Å². The minimum Gasteiger partial charge on any atom is -0.342 e. The normalized spacial score (nSPS) is 11.3. The van der Waals surface area contributed by atoms with Crippen LogP contribution >= 0.6 is 0 Å². The number of aryl methyl sites for hydroxylation is 1. The number of rotatable bonds is 5. The quantitative estimate of drug-likeness (QED) is 0.512. The molecule has 2 N–H and O–H groups in total. The number of aromatic amines is 1. The van der Waals surface area contributed by atoms with Gasteiger partial charge in [-0.2, -0.15) is 0 Å². The van der Waals surface area contributed by atoms with Crippen molar-refractivity contribution in [2.45, 2.75) is 11.8 Å². The number of sulfonamides is 1. The molecule has 5 nitrogen and oxygen atoms in total. The third-order valence-corrected chi connectivity index (χ3v) is 5.79. The average Bonchev–Trinajstić information content (AvgIpc) is 3.11. The van der Waals surface area contributed by atoms with E-state index in [0.29, 0.717) is 11.4 Å². The number of H-pyrrole nitrogens is 1. The number of para-hydroxylation sites is 1. The lowest BCUT2D eigenvalue weighted by Crippen LogP contribution is -2.13. The molecule has 0 saturated carbocycles. The van der Waals surface area contributed by atoms with Gasteiger partial charge in [-0.15, -0.1) is 0 Å². The summed E-state index contributed by atoms with van der Waals surface area (Å²) in [6, 6.07) is 25.4. The fraction of sp³-hybridized carbons (Fsp3) is 0.0455. The molecule has 0 aliphatic rings. The second kappa shape index (κ2) is 7.32. The van der Waals surface area contributed by atoms with Crippen LogP contribution in [0.3, 0.4) is 0 Å². The maximum absolute atomic E-state index is 12.8. The third-order valence-electron chi connectivity index (χ3n) is 4.41. The molecular formula is C22H19N3O2S. The van der Waals surface area contributed by atoms with Crippen LogP contribution < -0.4 is 4.72 Å². The molecule has 6 heteroatoms. The van der Waals surface area contributed by atoms with Crippen LogP contribution in [0.1, 0.15) is 5.69 Å². The second-order valence-corrected chi connectivity index (χ2v) is 8.07. The fourth-order valence-electron chi connectivity index (χ4n) is 3.04. The standard InChI is InChI=1S/C22H19N3O2S/c1-16-21(24-22(23-16)17-10-4-2-5-11-17)19-14-8-9-15-20(19)25-28(26,27)18-12-6-3-7-13-18/h2-15,25H,1H3,(H,23,24). The second-order valence-electron chi connectivity index (χ2n) is 6.39. The molecule has 0 aliphatic heterocycles. The number of nitrogens with one attached hydrogen (secondary N) is 2. The Labute approximate surface area is 164 Å². The average molecular weight is 389 g/mol. The summed E-state index contributed by atoms with van der Waals surface area (Å²) in [5, 5.41) is 0. The first-order chi connectivity index (χ1) is 13.5. The van der Waals surface area contributed by atoms with E-state index in [1.54, 1.807) is 42.5 Å². The minimum atomic E-state index is -3.69. The first kappa shape index (κ1) is 18.0. The monoisotopic (exact) mass is 389 g/mol. The summed E-state index contributed by atoms with van der Waals surface area (Å²) in [6.07, 6.45) is 0. The smallest absolute Gasteiger partial charge is 0.261 e. The Bertz CT molecular complexity index is 1200. The third kappa shape index (κ3) is 3.54. The Kier molecular flexibility index (Phi) is 4.71. The van der Waals surface area contributed by atoms with Crippen LogP contribution in [0.5, 0.6) is 0 Å². The van der Waals surface area contributed by atoms with Crippen molar-refractivity contribution in [2.75, 3.05) is 4.72 Å². The van der Waals surface area contributed by atoms with Crippen LogP contribution in [-0.2, 0) is 10.0 Å². The van der Waals surface area contributed by atoms with Crippen molar-refractivity contribution in [3.63, 3.8) is 0 Å². The van der Waals surface area contributed by atoms with Gasteiger partial charge in [0.25, 0.3) is 10.0 Å². The van der Waals surface area contributed by atoms with Gasteiger partial charge in [-0.1, -0.05) is 66.7 Å². The molecule has 0 saturated heterocycles. The van der Waals surface area contributed by atoms with Gasteiger partial charge in [0.15, 0.2) is 0 Å². The van der Waals surface area contributed by atoms with E-state index in [2.05, 4.69) is 9.71 Å². The van der Waals surface area contributed by atoms with E-state index in [1.807, 2.05) is 49.4 Å². The highest BCUT2D eigenvalue weighted by Crippen LogP contribution is 2.32. The summed E-state index contributed by atoms with van der Waals surface area (Å²) in [6.45, 7) is 1.93. The lowest BCUT2D eigenvalue weighted by atomic mass is 10.1. The Morgan fingerprint density at radius 3 is 2.14 bits per heavy atom. The van der Waals surface area contributed by atoms with Crippen molar-refractivity contribution in [1.29, 1.82) is 0 Å². The van der Waals surface area contributed by atoms with E-state index in [9.17, 15) is 8.42 Å². The van der Waals surface area contributed by atoms with Gasteiger partial charge in [0.2, 0.25) is 0 Å². The zero-order valence-electron chi connectivity index (χ0n) is 15.3. The molecule has 4 rings (SSSR count). The number of aromatic nitrogens is 2. The van der Waals surface area contributed by atoms with Gasteiger partial charge in [0.05, 0.1) is 16.3 Å². The van der Waals surface area contributed by atoms with Gasteiger partial charge in [-0.25, -0.2) is 13.4 Å². The Morgan fingerprint density at radius 2 is 1.43 bits per heavy atom. The predicted molar refractivity (Wildman–Crippen MR) is 111 cm³/mol. The number of imidazole rings is 1. The fourth-order valence-corrected chi connectivity index (χ4v) is 4.14. The van der Waals surface area contributed by atoms with Crippen LogP contribution in [0, 0.1) is 6.92 Å². The maximum atomic E-state index is 12.8. The Balaban J connectivity index is 1.74. The van der Waals surface area contributed by atoms with Gasteiger partial charge in [0, 0.05) is 16.8 Å². The van der Waals surface area contributed by atoms with Crippen molar-refractivity contribution >= 4 is 15.7 Å².